The van der Waals surface area contributed by atoms with Gasteiger partial charge < -0.3 is 13.9 Å². The Morgan fingerprint density at radius 3 is 2.81 bits per heavy atom. The number of hydrogen-bond donors (Lipinski definition) is 1. The van der Waals surface area contributed by atoms with Crippen LogP contribution in [0.5, 0.6) is 0 Å². The smallest absolute Gasteiger partial charge is 0.331 e. The predicted molar refractivity (Wildman–Crippen MR) is 57.7 cm³/mol. The van der Waals surface area contributed by atoms with Crippen LogP contribution >= 0.6 is 0 Å². The molecule has 0 radical (unpaired) electrons. The molecule has 2 aromatic rings. The Hall–Kier alpha value is -2.23. The van der Waals surface area contributed by atoms with E-state index in [0.717, 1.165) is 5.56 Å². The van der Waals surface area contributed by atoms with Crippen LogP contribution in [0.1, 0.15) is 12.7 Å². The molecule has 0 fully saturated rings. The third-order valence-electron chi connectivity index (χ3n) is 2.13. The first kappa shape index (κ1) is 10.3. The largest absolute Gasteiger partial charge is 0.478 e. The summed E-state index contributed by atoms with van der Waals surface area (Å²) in [6, 6.07) is 5.26. The lowest BCUT2D eigenvalue weighted by Crippen LogP contribution is -1.94. The summed E-state index contributed by atoms with van der Waals surface area (Å²) in [6.45, 7) is 1.52. The number of carboxylic acid groups (broad SMARTS) is 1. The van der Waals surface area contributed by atoms with E-state index in [9.17, 15) is 4.79 Å². The molecule has 2 rings (SSSR count). The van der Waals surface area contributed by atoms with E-state index in [1.54, 1.807) is 30.7 Å². The van der Waals surface area contributed by atoms with Crippen molar-refractivity contribution in [2.75, 3.05) is 0 Å². The van der Waals surface area contributed by atoms with Crippen LogP contribution in [-0.2, 0) is 4.79 Å². The van der Waals surface area contributed by atoms with Crippen molar-refractivity contribution in [3.8, 4) is 11.3 Å². The maximum atomic E-state index is 10.6. The van der Waals surface area contributed by atoms with Crippen molar-refractivity contribution in [1.29, 1.82) is 0 Å². The van der Waals surface area contributed by atoms with Crippen molar-refractivity contribution in [2.24, 2.45) is 0 Å². The summed E-state index contributed by atoms with van der Waals surface area (Å²) in [5.41, 5.74) is 1.06. The third-order valence-corrected chi connectivity index (χ3v) is 2.13. The number of hydrogen-bond acceptors (Lipinski definition) is 3. The molecule has 0 aliphatic heterocycles. The lowest BCUT2D eigenvalue weighted by molar-refractivity contribution is -0.132. The summed E-state index contributed by atoms with van der Waals surface area (Å²) in [5, 5.41) is 8.71. The topological polar surface area (TPSA) is 63.6 Å². The zero-order chi connectivity index (χ0) is 11.5. The minimum Gasteiger partial charge on any atom is -0.478 e. The molecular weight excluding hydrogens is 208 g/mol. The van der Waals surface area contributed by atoms with Gasteiger partial charge in [0.15, 0.2) is 0 Å². The number of furan rings is 2. The Kier molecular flexibility index (Phi) is 2.64. The maximum absolute atomic E-state index is 10.6. The van der Waals surface area contributed by atoms with E-state index in [4.69, 9.17) is 13.9 Å². The van der Waals surface area contributed by atoms with E-state index < -0.39 is 5.97 Å². The molecule has 0 aliphatic carbocycles. The number of carboxylic acids is 1. The molecule has 4 heteroatoms. The molecule has 0 atom stereocenters. The maximum Gasteiger partial charge on any atom is 0.331 e. The van der Waals surface area contributed by atoms with Gasteiger partial charge in [-0.25, -0.2) is 4.79 Å². The first-order chi connectivity index (χ1) is 7.66. The Morgan fingerprint density at radius 2 is 2.19 bits per heavy atom. The SMILES string of the molecule is C/C(=C\c1ccc(-c2ccoc2)o1)C(=O)O. The van der Waals surface area contributed by atoms with Gasteiger partial charge in [-0.1, -0.05) is 0 Å². The van der Waals surface area contributed by atoms with Gasteiger partial charge in [0, 0.05) is 5.57 Å². The summed E-state index contributed by atoms with van der Waals surface area (Å²) < 4.78 is 10.4. The van der Waals surface area contributed by atoms with Crippen LogP contribution in [0.3, 0.4) is 0 Å². The molecule has 0 spiro atoms. The van der Waals surface area contributed by atoms with Gasteiger partial charge in [0.1, 0.15) is 17.8 Å². The molecule has 2 heterocycles. The summed E-state index contributed by atoms with van der Waals surface area (Å²) in [7, 11) is 0. The summed E-state index contributed by atoms with van der Waals surface area (Å²) in [4.78, 5) is 10.6. The van der Waals surface area contributed by atoms with Crippen molar-refractivity contribution in [3.63, 3.8) is 0 Å². The molecule has 0 unspecified atom stereocenters. The second kappa shape index (κ2) is 4.10. The van der Waals surface area contributed by atoms with Gasteiger partial charge in [-0.05, 0) is 31.2 Å². The van der Waals surface area contributed by atoms with Gasteiger partial charge in [-0.2, -0.15) is 0 Å². The molecule has 0 aliphatic rings. The van der Waals surface area contributed by atoms with Crippen LogP contribution in [0, 0.1) is 0 Å². The van der Waals surface area contributed by atoms with Gasteiger partial charge >= 0.3 is 5.97 Å². The molecule has 0 amide bonds. The molecule has 0 aromatic carbocycles. The van der Waals surface area contributed by atoms with Crippen LogP contribution in [-0.4, -0.2) is 11.1 Å². The van der Waals surface area contributed by atoms with Gasteiger partial charge in [0.05, 0.1) is 11.8 Å². The third kappa shape index (κ3) is 2.06. The van der Waals surface area contributed by atoms with Gasteiger partial charge in [0.25, 0.3) is 0 Å². The molecule has 2 aromatic heterocycles. The molecule has 82 valence electrons. The number of aliphatic carboxylic acids is 1. The highest BCUT2D eigenvalue weighted by atomic mass is 16.4. The van der Waals surface area contributed by atoms with Crippen molar-refractivity contribution in [1.82, 2.24) is 0 Å². The van der Waals surface area contributed by atoms with Crippen molar-refractivity contribution in [2.45, 2.75) is 6.92 Å². The van der Waals surface area contributed by atoms with Crippen LogP contribution in [0.2, 0.25) is 0 Å². The first-order valence-corrected chi connectivity index (χ1v) is 4.71. The fourth-order valence-corrected chi connectivity index (χ4v) is 1.27. The normalized spacial score (nSPS) is 11.7. The highest BCUT2D eigenvalue weighted by molar-refractivity contribution is 5.91. The Morgan fingerprint density at radius 1 is 1.38 bits per heavy atom. The van der Waals surface area contributed by atoms with Crippen LogP contribution in [0.4, 0.5) is 0 Å². The Balaban J connectivity index is 2.27. The Labute approximate surface area is 91.8 Å². The van der Waals surface area contributed by atoms with Crippen LogP contribution in [0.25, 0.3) is 17.4 Å². The number of rotatable bonds is 3. The molecule has 0 saturated carbocycles. The standard InChI is InChI=1S/C12H10O4/c1-8(12(13)14)6-10-2-3-11(16-10)9-4-5-15-7-9/h2-7H,1H3,(H,13,14)/b8-6+. The summed E-state index contributed by atoms with van der Waals surface area (Å²) in [5.74, 6) is 0.204. The number of carbonyl (C=O) groups is 1. The van der Waals surface area contributed by atoms with Crippen molar-refractivity contribution < 1.29 is 18.7 Å². The zero-order valence-electron chi connectivity index (χ0n) is 8.64. The van der Waals surface area contributed by atoms with Gasteiger partial charge in [-0.3, -0.25) is 0 Å². The lowest BCUT2D eigenvalue weighted by Gasteiger charge is -1.91. The minimum absolute atomic E-state index is 0.230. The monoisotopic (exact) mass is 218 g/mol. The molecule has 4 nitrogen and oxygen atoms in total. The quantitative estimate of drug-likeness (QED) is 0.804. The molecular formula is C12H10O4. The Bertz CT molecular complexity index is 517. The van der Waals surface area contributed by atoms with E-state index in [1.807, 2.05) is 0 Å². The average molecular weight is 218 g/mol. The fourth-order valence-electron chi connectivity index (χ4n) is 1.27. The van der Waals surface area contributed by atoms with Crippen molar-refractivity contribution in [3.05, 3.63) is 42.1 Å². The second-order valence-corrected chi connectivity index (χ2v) is 3.35. The van der Waals surface area contributed by atoms with Crippen LogP contribution < -0.4 is 0 Å². The summed E-state index contributed by atoms with van der Waals surface area (Å²) >= 11 is 0. The minimum atomic E-state index is -0.957. The van der Waals surface area contributed by atoms with Gasteiger partial charge in [-0.15, -0.1) is 0 Å². The predicted octanol–water partition coefficient (Wildman–Crippen LogP) is 3.03. The lowest BCUT2D eigenvalue weighted by atomic mass is 10.2. The molecule has 16 heavy (non-hydrogen) atoms. The van der Waals surface area contributed by atoms with E-state index in [1.165, 1.54) is 13.0 Å². The average Bonchev–Trinajstić information content (AvgIpc) is 2.85. The van der Waals surface area contributed by atoms with E-state index in [2.05, 4.69) is 0 Å². The molecule has 0 saturated heterocycles. The van der Waals surface area contributed by atoms with E-state index in [-0.39, 0.29) is 5.57 Å². The van der Waals surface area contributed by atoms with Crippen LogP contribution in [0.15, 0.2) is 45.1 Å². The first-order valence-electron chi connectivity index (χ1n) is 4.71. The van der Waals surface area contributed by atoms with E-state index in [0.29, 0.717) is 11.5 Å². The molecule has 0 bridgehead atoms. The van der Waals surface area contributed by atoms with Gasteiger partial charge in [0.2, 0.25) is 0 Å². The summed E-state index contributed by atoms with van der Waals surface area (Å²) in [6.07, 6.45) is 4.60. The van der Waals surface area contributed by atoms with Crippen molar-refractivity contribution >= 4 is 12.0 Å². The fraction of sp³-hybridized carbons (Fsp3) is 0.0833. The molecule has 1 N–H and O–H groups in total. The highest BCUT2D eigenvalue weighted by Crippen LogP contribution is 2.23. The zero-order valence-corrected chi connectivity index (χ0v) is 8.64. The van der Waals surface area contributed by atoms with E-state index >= 15 is 0 Å². The second-order valence-electron chi connectivity index (χ2n) is 3.35. The highest BCUT2D eigenvalue weighted by Gasteiger charge is 2.06.